The highest BCUT2D eigenvalue weighted by atomic mass is 16.6. The lowest BCUT2D eigenvalue weighted by molar-refractivity contribution is -0.225. The van der Waals surface area contributed by atoms with Gasteiger partial charge in [-0.2, -0.15) is 10.5 Å². The minimum absolute atomic E-state index is 0.000171. The van der Waals surface area contributed by atoms with E-state index in [2.05, 4.69) is 23.6 Å². The summed E-state index contributed by atoms with van der Waals surface area (Å²) in [7, 11) is 0. The van der Waals surface area contributed by atoms with E-state index in [1.54, 1.807) is 6.92 Å². The van der Waals surface area contributed by atoms with Crippen LogP contribution < -0.4 is 0 Å². The summed E-state index contributed by atoms with van der Waals surface area (Å²) in [6.45, 7) is 12.7. The zero-order valence-electron chi connectivity index (χ0n) is 19.1. The van der Waals surface area contributed by atoms with Crippen LogP contribution in [0.3, 0.4) is 0 Å². The van der Waals surface area contributed by atoms with E-state index in [0.717, 1.165) is 25.7 Å². The highest BCUT2D eigenvalue weighted by molar-refractivity contribution is 5.87. The number of carbonyl (C=O) groups is 2. The molecule has 0 aliphatic heterocycles. The average Bonchev–Trinajstić information content (AvgIpc) is 2.70. The van der Waals surface area contributed by atoms with Gasteiger partial charge in [0.05, 0.1) is 12.1 Å². The van der Waals surface area contributed by atoms with Gasteiger partial charge in [0, 0.05) is 43.1 Å². The lowest BCUT2D eigenvalue weighted by atomic mass is 9.43. The van der Waals surface area contributed by atoms with Gasteiger partial charge in [-0.1, -0.05) is 6.58 Å². The lowest BCUT2D eigenvalue weighted by Gasteiger charge is -2.64. The smallest absolute Gasteiger partial charge is 0.333 e. The predicted octanol–water partition coefficient (Wildman–Crippen LogP) is 5.16. The Morgan fingerprint density at radius 2 is 2.06 bits per heavy atom. The van der Waals surface area contributed by atoms with E-state index in [1.165, 1.54) is 0 Å². The van der Waals surface area contributed by atoms with Crippen molar-refractivity contribution in [3.05, 3.63) is 23.6 Å². The van der Waals surface area contributed by atoms with Gasteiger partial charge in [-0.05, 0) is 69.1 Å². The molecule has 0 spiro atoms. The largest absolute Gasteiger partial charge is 0.455 e. The zero-order chi connectivity index (χ0) is 23.4. The third kappa shape index (κ3) is 5.05. The minimum atomic E-state index is -0.667. The molecule has 0 radical (unpaired) electrons. The highest BCUT2D eigenvalue weighted by Gasteiger charge is 2.64. The summed E-state index contributed by atoms with van der Waals surface area (Å²) < 4.78 is 6.13. The van der Waals surface area contributed by atoms with Gasteiger partial charge in [0.15, 0.2) is 0 Å². The van der Waals surface area contributed by atoms with Crippen LogP contribution in [-0.4, -0.2) is 23.9 Å². The third-order valence-electron chi connectivity index (χ3n) is 7.95. The van der Waals surface area contributed by atoms with E-state index >= 15 is 0 Å². The molecule has 0 heterocycles. The van der Waals surface area contributed by atoms with Crippen LogP contribution in [0.4, 0.5) is 0 Å². The van der Waals surface area contributed by atoms with Crippen LogP contribution in [0.2, 0.25) is 0 Å². The SMILES string of the molecule is [C-]#[N+]CC(CC#N)CCCC(=O)CC1C2CC3CC(CC#N)(C2)CC1(OC(=O)C(=C)C)C3. The molecule has 6 heteroatoms. The minimum Gasteiger partial charge on any atom is -0.455 e. The van der Waals surface area contributed by atoms with Gasteiger partial charge in [0.2, 0.25) is 6.54 Å². The van der Waals surface area contributed by atoms with Crippen molar-refractivity contribution < 1.29 is 14.3 Å². The maximum atomic E-state index is 13.0. The van der Waals surface area contributed by atoms with Gasteiger partial charge in [0.25, 0.3) is 0 Å². The molecular weight excluding hydrogens is 402 g/mol. The number of ether oxygens (including phenoxy) is 1. The van der Waals surface area contributed by atoms with Crippen molar-refractivity contribution in [3.63, 3.8) is 0 Å². The average molecular weight is 436 g/mol. The standard InChI is InChI=1S/C26H33N3O3/c1-18(2)24(31)32-26-14-20-11-21(15-25(13-20,17-26)8-10-28)23(26)12-22(30)6-4-5-19(7-9-27)16-29-3/h19-21,23H,1,4-8,11-17H2,2H3. The maximum Gasteiger partial charge on any atom is 0.333 e. The molecule has 32 heavy (non-hydrogen) atoms. The summed E-state index contributed by atoms with van der Waals surface area (Å²) >= 11 is 0. The predicted molar refractivity (Wildman–Crippen MR) is 119 cm³/mol. The molecule has 0 aromatic carbocycles. The Kier molecular flexibility index (Phi) is 7.40. The van der Waals surface area contributed by atoms with Crippen LogP contribution in [-0.2, 0) is 14.3 Å². The normalized spacial score (nSPS) is 32.9. The van der Waals surface area contributed by atoms with Crippen molar-refractivity contribution in [2.45, 2.75) is 83.2 Å². The number of hydrogen-bond donors (Lipinski definition) is 0. The van der Waals surface area contributed by atoms with Crippen LogP contribution in [0, 0.1) is 58.3 Å². The van der Waals surface area contributed by atoms with Crippen molar-refractivity contribution in [1.29, 1.82) is 10.5 Å². The molecule has 0 amide bonds. The molecule has 4 aliphatic rings. The van der Waals surface area contributed by atoms with E-state index in [0.29, 0.717) is 68.9 Å². The number of nitriles is 2. The van der Waals surface area contributed by atoms with Crippen LogP contribution >= 0.6 is 0 Å². The molecule has 0 aromatic heterocycles. The summed E-state index contributed by atoms with van der Waals surface area (Å²) in [5.74, 6) is 0.552. The number of rotatable bonds is 11. The summed E-state index contributed by atoms with van der Waals surface area (Å²) in [4.78, 5) is 28.9. The van der Waals surface area contributed by atoms with Crippen molar-refractivity contribution in [3.8, 4) is 12.1 Å². The molecular formula is C26H33N3O3. The van der Waals surface area contributed by atoms with Crippen molar-refractivity contribution in [1.82, 2.24) is 0 Å². The lowest BCUT2D eigenvalue weighted by Crippen LogP contribution is -2.63. The molecule has 4 rings (SSSR count). The first-order chi connectivity index (χ1) is 15.3. The first-order valence-electron chi connectivity index (χ1n) is 11.7. The zero-order valence-corrected chi connectivity index (χ0v) is 19.1. The molecule has 6 atom stereocenters. The van der Waals surface area contributed by atoms with E-state index in [4.69, 9.17) is 16.6 Å². The Morgan fingerprint density at radius 3 is 2.72 bits per heavy atom. The first-order valence-corrected chi connectivity index (χ1v) is 11.7. The second-order valence-corrected chi connectivity index (χ2v) is 10.5. The molecule has 6 nitrogen and oxygen atoms in total. The molecule has 6 unspecified atom stereocenters. The summed E-state index contributed by atoms with van der Waals surface area (Å²) in [5.41, 5.74) is -0.400. The fraction of sp³-hybridized carbons (Fsp3) is 0.731. The summed E-state index contributed by atoms with van der Waals surface area (Å²) in [6, 6.07) is 4.49. The van der Waals surface area contributed by atoms with E-state index in [-0.39, 0.29) is 23.0 Å². The molecule has 0 aromatic rings. The Hall–Kier alpha value is -2.65. The Morgan fingerprint density at radius 1 is 1.28 bits per heavy atom. The van der Waals surface area contributed by atoms with Gasteiger partial charge in [-0.15, -0.1) is 0 Å². The van der Waals surface area contributed by atoms with Crippen molar-refractivity contribution in [2.24, 2.45) is 29.1 Å². The van der Waals surface area contributed by atoms with Crippen molar-refractivity contribution in [2.75, 3.05) is 6.54 Å². The second kappa shape index (κ2) is 9.87. The fourth-order valence-corrected chi connectivity index (χ4v) is 6.96. The molecule has 4 fully saturated rings. The van der Waals surface area contributed by atoms with Gasteiger partial charge >= 0.3 is 5.97 Å². The first kappa shape index (κ1) is 24.0. The van der Waals surface area contributed by atoms with E-state index in [9.17, 15) is 14.9 Å². The Bertz CT molecular complexity index is 875. The van der Waals surface area contributed by atoms with Gasteiger partial charge in [-0.25, -0.2) is 11.4 Å². The summed E-state index contributed by atoms with van der Waals surface area (Å²) in [6.07, 6.45) is 7.51. The number of Topliss-reactive ketones (excluding diaryl/α,β-unsaturated/α-hetero) is 1. The van der Waals surface area contributed by atoms with Crippen LogP contribution in [0.25, 0.3) is 4.85 Å². The number of carbonyl (C=O) groups excluding carboxylic acids is 2. The second-order valence-electron chi connectivity index (χ2n) is 10.5. The van der Waals surface area contributed by atoms with Crippen LogP contribution in [0.1, 0.15) is 77.6 Å². The molecule has 4 bridgehead atoms. The molecule has 170 valence electrons. The van der Waals surface area contributed by atoms with E-state index < -0.39 is 11.6 Å². The number of hydrogen-bond acceptors (Lipinski definition) is 5. The van der Waals surface area contributed by atoms with Crippen LogP contribution in [0.15, 0.2) is 12.2 Å². The van der Waals surface area contributed by atoms with Crippen LogP contribution in [0.5, 0.6) is 0 Å². The Labute approximate surface area is 191 Å². The fourth-order valence-electron chi connectivity index (χ4n) is 6.96. The molecule has 4 saturated carbocycles. The molecule has 0 N–H and O–H groups in total. The topological polar surface area (TPSA) is 95.3 Å². The summed E-state index contributed by atoms with van der Waals surface area (Å²) in [5, 5.41) is 18.4. The maximum absolute atomic E-state index is 13.0. The van der Waals surface area contributed by atoms with Gasteiger partial charge in [0.1, 0.15) is 11.4 Å². The number of nitrogens with zero attached hydrogens (tertiary/aromatic N) is 3. The highest BCUT2D eigenvalue weighted by Crippen LogP contribution is 2.66. The monoisotopic (exact) mass is 435 g/mol. The van der Waals surface area contributed by atoms with Crippen molar-refractivity contribution >= 4 is 11.8 Å². The Balaban J connectivity index is 1.70. The third-order valence-corrected chi connectivity index (χ3v) is 7.95. The van der Waals surface area contributed by atoms with E-state index in [1.807, 2.05) is 0 Å². The van der Waals surface area contributed by atoms with Gasteiger partial charge in [-0.3, -0.25) is 4.79 Å². The van der Waals surface area contributed by atoms with Gasteiger partial charge < -0.3 is 9.58 Å². The quantitative estimate of drug-likeness (QED) is 0.254. The number of esters is 1. The molecule has 0 saturated heterocycles. The number of ketones is 1. The molecule has 4 aliphatic carbocycles.